The molecule has 0 radical (unpaired) electrons. The fourth-order valence-electron chi connectivity index (χ4n) is 3.16. The van der Waals surface area contributed by atoms with E-state index in [1.54, 1.807) is 38.1 Å². The van der Waals surface area contributed by atoms with Gasteiger partial charge in [-0.05, 0) is 43.6 Å². The maximum Gasteiger partial charge on any atom is 0.297 e. The Kier molecular flexibility index (Phi) is 7.75. The van der Waals surface area contributed by atoms with E-state index in [0.717, 1.165) is 11.1 Å². The summed E-state index contributed by atoms with van der Waals surface area (Å²) in [5.74, 6) is 0. The summed E-state index contributed by atoms with van der Waals surface area (Å²) in [4.78, 5) is 2.38. The third-order valence-corrected chi connectivity index (χ3v) is 7.58. The van der Waals surface area contributed by atoms with E-state index >= 15 is 0 Å². The minimum Gasteiger partial charge on any atom is -0.353 e. The Hall–Kier alpha value is -2.51. The molecule has 178 valence electrons. The Balaban J connectivity index is 2.00. The molecule has 0 N–H and O–H groups in total. The molecule has 11 nitrogen and oxygen atoms in total. The van der Waals surface area contributed by atoms with Gasteiger partial charge in [0, 0.05) is 12.0 Å². The van der Waals surface area contributed by atoms with E-state index in [0.29, 0.717) is 0 Å². The summed E-state index contributed by atoms with van der Waals surface area (Å²) in [5.41, 5.74) is 10.6. The van der Waals surface area contributed by atoms with Gasteiger partial charge in [-0.15, -0.1) is 0 Å². The van der Waals surface area contributed by atoms with Crippen molar-refractivity contribution in [2.24, 2.45) is 5.11 Å². The predicted octanol–water partition coefficient (Wildman–Crippen LogP) is 2.83. The van der Waals surface area contributed by atoms with Crippen LogP contribution in [0.1, 0.15) is 11.1 Å². The summed E-state index contributed by atoms with van der Waals surface area (Å²) >= 11 is 0. The van der Waals surface area contributed by atoms with Crippen molar-refractivity contribution in [3.8, 4) is 0 Å². The van der Waals surface area contributed by atoms with E-state index < -0.39 is 44.8 Å². The van der Waals surface area contributed by atoms with Gasteiger partial charge in [-0.3, -0.25) is 8.37 Å². The third kappa shape index (κ3) is 5.89. The molecule has 2 aromatic rings. The van der Waals surface area contributed by atoms with Crippen LogP contribution >= 0.6 is 0 Å². The Bertz CT molecular complexity index is 1230. The molecule has 1 aliphatic heterocycles. The maximum atomic E-state index is 12.9. The lowest BCUT2D eigenvalue weighted by Gasteiger charge is -2.38. The molecule has 2 aromatic carbocycles. The topological polar surface area (TPSA) is 154 Å². The van der Waals surface area contributed by atoms with Gasteiger partial charge in [-0.25, -0.2) is 0 Å². The van der Waals surface area contributed by atoms with Crippen LogP contribution in [0.25, 0.3) is 10.4 Å². The van der Waals surface area contributed by atoms with E-state index in [1.165, 1.54) is 31.4 Å². The first-order valence-corrected chi connectivity index (χ1v) is 12.6. The molecule has 1 fully saturated rings. The molecule has 0 spiro atoms. The van der Waals surface area contributed by atoms with E-state index in [9.17, 15) is 16.8 Å². The van der Waals surface area contributed by atoms with E-state index in [4.69, 9.17) is 23.4 Å². The molecule has 4 atom stereocenters. The van der Waals surface area contributed by atoms with Gasteiger partial charge in [0.2, 0.25) is 0 Å². The van der Waals surface area contributed by atoms with Crippen LogP contribution in [0, 0.1) is 13.8 Å². The van der Waals surface area contributed by atoms with Crippen LogP contribution in [-0.4, -0.2) is 55.1 Å². The second-order valence-electron chi connectivity index (χ2n) is 7.37. The van der Waals surface area contributed by atoms with Crippen LogP contribution in [-0.2, 0) is 38.1 Å². The second-order valence-corrected chi connectivity index (χ2v) is 10.5. The van der Waals surface area contributed by atoms with Crippen molar-refractivity contribution in [3.05, 3.63) is 70.1 Å². The van der Waals surface area contributed by atoms with Crippen LogP contribution in [0.15, 0.2) is 63.4 Å². The Morgan fingerprint density at radius 1 is 0.879 bits per heavy atom. The standard InChI is InChI=1S/C20H23N3O8S2/c1-13-4-8-15(9-5-13)32(24,25)30-18-17(22-23-21)12-29-20(28-3)19(18)31-33(26,27)16-10-6-14(2)7-11-16/h4-11,17-20H,12H2,1-3H3/t17-,18+,19-,20+/m1/s1. The number of aryl methyl sites for hydroxylation is 2. The van der Waals surface area contributed by atoms with Crippen molar-refractivity contribution in [3.63, 3.8) is 0 Å². The maximum absolute atomic E-state index is 12.9. The molecule has 1 heterocycles. The number of hydrogen-bond acceptors (Lipinski definition) is 9. The smallest absolute Gasteiger partial charge is 0.297 e. The third-order valence-electron chi connectivity index (χ3n) is 4.93. The molecule has 0 bridgehead atoms. The fraction of sp³-hybridized carbons (Fsp3) is 0.400. The Labute approximate surface area is 192 Å². The highest BCUT2D eigenvalue weighted by atomic mass is 32.2. The van der Waals surface area contributed by atoms with Crippen LogP contribution in [0.3, 0.4) is 0 Å². The molecule has 0 amide bonds. The molecule has 0 saturated carbocycles. The van der Waals surface area contributed by atoms with Crippen LogP contribution in [0.4, 0.5) is 0 Å². The Morgan fingerprint density at radius 3 is 1.76 bits per heavy atom. The number of azide groups is 1. The van der Waals surface area contributed by atoms with Crippen LogP contribution in [0.2, 0.25) is 0 Å². The van der Waals surface area contributed by atoms with Crippen molar-refractivity contribution in [1.29, 1.82) is 0 Å². The van der Waals surface area contributed by atoms with E-state index in [1.807, 2.05) is 0 Å². The summed E-state index contributed by atoms with van der Waals surface area (Å²) < 4.78 is 73.0. The van der Waals surface area contributed by atoms with Gasteiger partial charge in [-0.2, -0.15) is 16.8 Å². The van der Waals surface area contributed by atoms with Crippen LogP contribution in [0.5, 0.6) is 0 Å². The first-order chi connectivity index (χ1) is 15.6. The lowest BCUT2D eigenvalue weighted by molar-refractivity contribution is -0.224. The summed E-state index contributed by atoms with van der Waals surface area (Å²) in [6.07, 6.45) is -4.45. The molecule has 33 heavy (non-hydrogen) atoms. The van der Waals surface area contributed by atoms with Gasteiger partial charge >= 0.3 is 0 Å². The normalized spacial score (nSPS) is 23.6. The molecular weight excluding hydrogens is 474 g/mol. The predicted molar refractivity (Wildman–Crippen MR) is 116 cm³/mol. The van der Waals surface area contributed by atoms with Gasteiger partial charge in [0.25, 0.3) is 20.2 Å². The molecule has 1 aliphatic rings. The van der Waals surface area contributed by atoms with Crippen molar-refractivity contribution in [2.45, 2.75) is 48.2 Å². The van der Waals surface area contributed by atoms with E-state index in [-0.39, 0.29) is 16.4 Å². The summed E-state index contributed by atoms with van der Waals surface area (Å²) in [5, 5.41) is 3.53. The van der Waals surface area contributed by atoms with Gasteiger partial charge in [0.05, 0.1) is 22.4 Å². The number of ether oxygens (including phenoxy) is 2. The number of hydrogen-bond donors (Lipinski definition) is 0. The molecule has 13 heteroatoms. The van der Waals surface area contributed by atoms with Crippen molar-refractivity contribution in [1.82, 2.24) is 0 Å². The minimum absolute atomic E-state index is 0.158. The van der Waals surface area contributed by atoms with Gasteiger partial charge in [-0.1, -0.05) is 40.5 Å². The second kappa shape index (κ2) is 10.2. The summed E-state index contributed by atoms with van der Waals surface area (Å²) in [7, 11) is -7.54. The van der Waals surface area contributed by atoms with Crippen LogP contribution < -0.4 is 0 Å². The Morgan fingerprint density at radius 2 is 1.33 bits per heavy atom. The molecule has 0 aromatic heterocycles. The first-order valence-electron chi connectivity index (χ1n) is 9.76. The molecule has 3 rings (SSSR count). The zero-order valence-electron chi connectivity index (χ0n) is 18.1. The summed E-state index contributed by atoms with van der Waals surface area (Å²) in [6, 6.07) is 10.5. The summed E-state index contributed by atoms with van der Waals surface area (Å²) in [6.45, 7) is 3.30. The monoisotopic (exact) mass is 497 g/mol. The van der Waals surface area contributed by atoms with Gasteiger partial charge in [0.15, 0.2) is 12.4 Å². The minimum atomic E-state index is -4.39. The highest BCUT2D eigenvalue weighted by Gasteiger charge is 2.47. The molecule has 0 unspecified atom stereocenters. The molecule has 1 saturated heterocycles. The quantitative estimate of drug-likeness (QED) is 0.233. The van der Waals surface area contributed by atoms with Crippen molar-refractivity contribution >= 4 is 20.2 Å². The number of rotatable bonds is 8. The molecular formula is C20H23N3O8S2. The van der Waals surface area contributed by atoms with Crippen molar-refractivity contribution in [2.75, 3.05) is 13.7 Å². The van der Waals surface area contributed by atoms with Gasteiger partial charge < -0.3 is 9.47 Å². The molecule has 0 aliphatic carbocycles. The SMILES string of the molecule is CO[C@H]1OC[C@@H](N=[N+]=[N-])[C@H](OS(=O)(=O)c2ccc(C)cc2)[C@H]1OS(=O)(=O)c1ccc(C)cc1. The van der Waals surface area contributed by atoms with E-state index in [2.05, 4.69) is 10.0 Å². The lowest BCUT2D eigenvalue weighted by atomic mass is 10.0. The number of nitrogens with zero attached hydrogens (tertiary/aromatic N) is 3. The lowest BCUT2D eigenvalue weighted by Crippen LogP contribution is -2.56. The largest absolute Gasteiger partial charge is 0.353 e. The number of benzene rings is 2. The van der Waals surface area contributed by atoms with Gasteiger partial charge in [0.1, 0.15) is 6.10 Å². The van der Waals surface area contributed by atoms with Crippen molar-refractivity contribution < 1.29 is 34.7 Å². The zero-order chi connectivity index (χ0) is 24.2. The number of methoxy groups -OCH3 is 1. The fourth-order valence-corrected chi connectivity index (χ4v) is 5.34. The average molecular weight is 498 g/mol. The highest BCUT2D eigenvalue weighted by molar-refractivity contribution is 7.87. The zero-order valence-corrected chi connectivity index (χ0v) is 19.7. The average Bonchev–Trinajstić information content (AvgIpc) is 2.76. The first kappa shape index (κ1) is 25.1. The highest BCUT2D eigenvalue weighted by Crippen LogP contribution is 2.30.